The molecule has 1 unspecified atom stereocenters. The summed E-state index contributed by atoms with van der Waals surface area (Å²) in [7, 11) is 0. The topological polar surface area (TPSA) is 96.1 Å². The maximum Gasteiger partial charge on any atom is 0.338 e. The van der Waals surface area contributed by atoms with Gasteiger partial charge in [-0.3, -0.25) is 9.89 Å². The molecule has 3 aliphatic rings. The highest BCUT2D eigenvalue weighted by Crippen LogP contribution is 2.56. The molecule has 7 heteroatoms. The van der Waals surface area contributed by atoms with Gasteiger partial charge in [-0.25, -0.2) is 4.79 Å². The summed E-state index contributed by atoms with van der Waals surface area (Å²) in [4.78, 5) is 26.5. The van der Waals surface area contributed by atoms with E-state index in [9.17, 15) is 9.59 Å². The van der Waals surface area contributed by atoms with Gasteiger partial charge in [-0.05, 0) is 18.6 Å². The maximum absolute atomic E-state index is 13.6. The van der Waals surface area contributed by atoms with Crippen LogP contribution in [0.3, 0.4) is 0 Å². The number of H-pyrrole nitrogens is 1. The van der Waals surface area contributed by atoms with Crippen LogP contribution in [0.25, 0.3) is 11.3 Å². The van der Waals surface area contributed by atoms with Crippen molar-refractivity contribution in [2.75, 3.05) is 17.2 Å². The number of benzene rings is 2. The summed E-state index contributed by atoms with van der Waals surface area (Å²) in [6, 6.07) is 15.4. The smallest absolute Gasteiger partial charge is 0.338 e. The number of aromatic amines is 1. The first-order valence-corrected chi connectivity index (χ1v) is 9.35. The number of nitrogens with zero attached hydrogens (tertiary/aromatic N) is 1. The van der Waals surface area contributed by atoms with Gasteiger partial charge >= 0.3 is 5.97 Å². The number of carbonyl (C=O) groups excluding carboxylic acids is 2. The first kappa shape index (κ1) is 16.1. The first-order valence-electron chi connectivity index (χ1n) is 9.35. The van der Waals surface area contributed by atoms with Crippen molar-refractivity contribution in [3.05, 3.63) is 76.5 Å². The number of nitrogens with one attached hydrogen (secondary N) is 3. The van der Waals surface area contributed by atoms with Gasteiger partial charge in [0.05, 0.1) is 17.0 Å². The molecule has 142 valence electrons. The van der Waals surface area contributed by atoms with Crippen LogP contribution in [0.4, 0.5) is 11.5 Å². The lowest BCUT2D eigenvalue weighted by atomic mass is 9.67. The largest absolute Gasteiger partial charge is 0.456 e. The number of fused-ring (bicyclic) bond motifs is 5. The molecule has 3 aromatic rings. The van der Waals surface area contributed by atoms with E-state index in [0.717, 1.165) is 16.7 Å². The second-order valence-corrected chi connectivity index (χ2v) is 7.50. The fourth-order valence-electron chi connectivity index (χ4n) is 4.67. The quantitative estimate of drug-likeness (QED) is 0.561. The number of carbonyl (C=O) groups is 2. The Morgan fingerprint density at radius 3 is 2.72 bits per heavy atom. The molecule has 0 radical (unpaired) electrons. The zero-order valence-corrected chi connectivity index (χ0v) is 15.5. The summed E-state index contributed by atoms with van der Waals surface area (Å²) in [6.45, 7) is 2.06. The number of aryl methyl sites for hydroxylation is 1. The number of rotatable bonds is 1. The molecule has 1 aromatic heterocycles. The van der Waals surface area contributed by atoms with Gasteiger partial charge in [-0.1, -0.05) is 48.0 Å². The molecular weight excluding hydrogens is 368 g/mol. The number of ether oxygens (including phenoxy) is 1. The van der Waals surface area contributed by atoms with Crippen molar-refractivity contribution < 1.29 is 14.3 Å². The molecule has 0 fully saturated rings. The lowest BCUT2D eigenvalue weighted by molar-refractivity contribution is -0.137. The van der Waals surface area contributed by atoms with Crippen LogP contribution < -0.4 is 10.6 Å². The Balaban J connectivity index is 1.75. The van der Waals surface area contributed by atoms with E-state index in [-0.39, 0.29) is 12.5 Å². The van der Waals surface area contributed by atoms with Crippen LogP contribution in [-0.4, -0.2) is 28.7 Å². The van der Waals surface area contributed by atoms with Crippen LogP contribution in [-0.2, 0) is 19.7 Å². The fourth-order valence-corrected chi connectivity index (χ4v) is 4.67. The summed E-state index contributed by atoms with van der Waals surface area (Å²) < 4.78 is 5.33. The summed E-state index contributed by atoms with van der Waals surface area (Å²) in [5.74, 6) is -0.223. The average molecular weight is 384 g/mol. The molecule has 3 aliphatic heterocycles. The van der Waals surface area contributed by atoms with Crippen molar-refractivity contribution in [1.82, 2.24) is 10.2 Å². The van der Waals surface area contributed by atoms with Crippen LogP contribution in [0.1, 0.15) is 16.7 Å². The van der Waals surface area contributed by atoms with Crippen molar-refractivity contribution in [3.63, 3.8) is 0 Å². The van der Waals surface area contributed by atoms with Gasteiger partial charge in [0.1, 0.15) is 12.0 Å². The third-order valence-electron chi connectivity index (χ3n) is 5.87. The Morgan fingerprint density at radius 2 is 1.90 bits per heavy atom. The minimum Gasteiger partial charge on any atom is -0.456 e. The SMILES string of the molecule is Cc1ccc2c(c1)C1(C(=O)N2)C2=C(COC2=O)Nc2n[nH]c(-c3ccccc3)c21. The fraction of sp³-hybridized carbons (Fsp3) is 0.136. The molecule has 3 N–H and O–H groups in total. The van der Waals surface area contributed by atoms with E-state index in [1.165, 1.54) is 0 Å². The molecule has 1 atom stereocenters. The lowest BCUT2D eigenvalue weighted by Crippen LogP contribution is -2.43. The van der Waals surface area contributed by atoms with Gasteiger partial charge in [-0.2, -0.15) is 5.10 Å². The number of cyclic esters (lactones) is 1. The Labute approximate surface area is 165 Å². The number of hydrogen-bond donors (Lipinski definition) is 3. The highest BCUT2D eigenvalue weighted by atomic mass is 16.5. The van der Waals surface area contributed by atoms with Crippen LogP contribution in [0.5, 0.6) is 0 Å². The van der Waals surface area contributed by atoms with Crippen molar-refractivity contribution in [1.29, 1.82) is 0 Å². The number of anilines is 2. The van der Waals surface area contributed by atoms with Gasteiger partial charge in [-0.15, -0.1) is 0 Å². The molecule has 2 aromatic carbocycles. The standard InChI is InChI=1S/C22H16N4O3/c1-11-7-8-14-13(9-11)22(21(28)24-14)16-15(10-29-20(16)27)23-19-17(22)18(25-26-19)12-5-3-2-4-6-12/h2-9H,10H2,1H3,(H,24,28)(H2,23,25,26). The van der Waals surface area contributed by atoms with Gasteiger partial charge in [0.2, 0.25) is 5.91 Å². The van der Waals surface area contributed by atoms with Gasteiger partial charge in [0, 0.05) is 16.8 Å². The monoisotopic (exact) mass is 384 g/mol. The highest BCUT2D eigenvalue weighted by molar-refractivity contribution is 6.19. The van der Waals surface area contributed by atoms with E-state index in [2.05, 4.69) is 20.8 Å². The molecule has 0 aliphatic carbocycles. The zero-order valence-electron chi connectivity index (χ0n) is 15.5. The summed E-state index contributed by atoms with van der Waals surface area (Å²) in [6.07, 6.45) is 0. The summed E-state index contributed by atoms with van der Waals surface area (Å²) in [5, 5.41) is 13.7. The van der Waals surface area contributed by atoms with Crippen LogP contribution >= 0.6 is 0 Å². The first-order chi connectivity index (χ1) is 14.1. The number of esters is 1. The molecule has 0 bridgehead atoms. The predicted molar refractivity (Wildman–Crippen MR) is 106 cm³/mol. The molecule has 29 heavy (non-hydrogen) atoms. The summed E-state index contributed by atoms with van der Waals surface area (Å²) >= 11 is 0. The Kier molecular flexibility index (Phi) is 2.97. The van der Waals surface area contributed by atoms with E-state index in [1.54, 1.807) is 0 Å². The number of aromatic nitrogens is 2. The minimum atomic E-state index is -1.32. The number of hydrogen-bond acceptors (Lipinski definition) is 5. The van der Waals surface area contributed by atoms with Gasteiger partial charge in [0.25, 0.3) is 0 Å². The Hall–Kier alpha value is -3.87. The van der Waals surface area contributed by atoms with Crippen LogP contribution in [0, 0.1) is 6.92 Å². The highest BCUT2D eigenvalue weighted by Gasteiger charge is 2.61. The molecular formula is C22H16N4O3. The number of amides is 1. The van der Waals surface area contributed by atoms with E-state index in [4.69, 9.17) is 4.74 Å². The van der Waals surface area contributed by atoms with Gasteiger partial charge < -0.3 is 15.4 Å². The minimum absolute atomic E-state index is 0.0946. The second kappa shape index (κ2) is 5.35. The van der Waals surface area contributed by atoms with E-state index >= 15 is 0 Å². The molecule has 6 rings (SSSR count). The molecule has 7 nitrogen and oxygen atoms in total. The zero-order chi connectivity index (χ0) is 19.8. The maximum atomic E-state index is 13.6. The Bertz CT molecular complexity index is 1260. The third kappa shape index (κ3) is 1.89. The molecule has 0 saturated heterocycles. The van der Waals surface area contributed by atoms with E-state index in [1.807, 2.05) is 55.5 Å². The normalized spacial score (nSPS) is 21.4. The predicted octanol–water partition coefficient (Wildman–Crippen LogP) is 2.86. The van der Waals surface area contributed by atoms with Crippen molar-refractivity contribution in [2.24, 2.45) is 0 Å². The van der Waals surface area contributed by atoms with Crippen LogP contribution in [0.15, 0.2) is 59.8 Å². The molecule has 4 heterocycles. The van der Waals surface area contributed by atoms with Crippen LogP contribution in [0.2, 0.25) is 0 Å². The van der Waals surface area contributed by atoms with E-state index < -0.39 is 11.4 Å². The Morgan fingerprint density at radius 1 is 1.07 bits per heavy atom. The second-order valence-electron chi connectivity index (χ2n) is 7.50. The van der Waals surface area contributed by atoms with E-state index in [0.29, 0.717) is 34.0 Å². The lowest BCUT2D eigenvalue weighted by Gasteiger charge is -2.33. The van der Waals surface area contributed by atoms with Crippen molar-refractivity contribution >= 4 is 23.4 Å². The van der Waals surface area contributed by atoms with Crippen molar-refractivity contribution in [3.8, 4) is 11.3 Å². The van der Waals surface area contributed by atoms with Gasteiger partial charge in [0.15, 0.2) is 5.82 Å². The molecule has 1 amide bonds. The van der Waals surface area contributed by atoms with Crippen molar-refractivity contribution in [2.45, 2.75) is 12.3 Å². The average Bonchev–Trinajstić information content (AvgIpc) is 3.39. The third-order valence-corrected chi connectivity index (χ3v) is 5.87. The molecule has 1 spiro atoms. The molecule has 0 saturated carbocycles. The summed E-state index contributed by atoms with van der Waals surface area (Å²) in [5.41, 5.74) is 4.26.